The molecule has 0 unspecified atom stereocenters. The summed E-state index contributed by atoms with van der Waals surface area (Å²) in [6.45, 7) is 4.37. The lowest BCUT2D eigenvalue weighted by molar-refractivity contribution is -0.136. The fourth-order valence-corrected chi connectivity index (χ4v) is 4.26. The summed E-state index contributed by atoms with van der Waals surface area (Å²) >= 11 is 0. The second-order valence-corrected chi connectivity index (χ2v) is 8.83. The summed E-state index contributed by atoms with van der Waals surface area (Å²) in [4.78, 5) is 26.7. The molecule has 1 aliphatic carbocycles. The second-order valence-electron chi connectivity index (χ2n) is 8.83. The van der Waals surface area contributed by atoms with Crippen molar-refractivity contribution in [2.75, 3.05) is 12.3 Å². The van der Waals surface area contributed by atoms with Gasteiger partial charge in [0.1, 0.15) is 11.3 Å². The molecule has 1 aliphatic heterocycles. The number of benzene rings is 1. The molecular formula is C24H26F2N8O2. The molecule has 0 radical (unpaired) electrons. The first kappa shape index (κ1) is 25.0. The lowest BCUT2D eigenvalue weighted by Gasteiger charge is -2.37. The minimum Gasteiger partial charge on any atom is -0.368 e. The lowest BCUT2D eigenvalue weighted by atomic mass is 9.92. The van der Waals surface area contributed by atoms with Crippen molar-refractivity contribution in [2.45, 2.75) is 51.5 Å². The molecule has 10 nitrogen and oxygen atoms in total. The highest BCUT2D eigenvalue weighted by atomic mass is 19.1. The van der Waals surface area contributed by atoms with Crippen molar-refractivity contribution in [3.05, 3.63) is 41.8 Å². The van der Waals surface area contributed by atoms with Crippen LogP contribution in [-0.4, -0.2) is 53.1 Å². The number of likely N-dealkylation sites (tertiary alicyclic amines) is 1. The number of hydrogen-bond donors (Lipinski definition) is 1. The van der Waals surface area contributed by atoms with Gasteiger partial charge in [0, 0.05) is 30.5 Å². The summed E-state index contributed by atoms with van der Waals surface area (Å²) in [5.74, 6) is -0.00598. The van der Waals surface area contributed by atoms with Gasteiger partial charge in [-0.15, -0.1) is 17.9 Å². The van der Waals surface area contributed by atoms with Crippen LogP contribution in [-0.2, 0) is 4.79 Å². The minimum atomic E-state index is -0.790. The van der Waals surface area contributed by atoms with Crippen LogP contribution in [0.4, 0.5) is 14.7 Å². The summed E-state index contributed by atoms with van der Waals surface area (Å²) < 4.78 is 33.5. The molecule has 4 aromatic rings. The summed E-state index contributed by atoms with van der Waals surface area (Å²) in [7, 11) is 0. The molecule has 2 atom stereocenters. The smallest absolute Gasteiger partial charge is 0.225 e. The molecule has 2 fully saturated rings. The Morgan fingerprint density at radius 3 is 2.53 bits per heavy atom. The number of nitrogens with zero attached hydrogens (tertiary/aromatic N) is 7. The van der Waals surface area contributed by atoms with Gasteiger partial charge in [-0.2, -0.15) is 9.50 Å². The molecule has 4 heterocycles. The zero-order valence-electron chi connectivity index (χ0n) is 19.9. The van der Waals surface area contributed by atoms with Crippen molar-refractivity contribution in [1.29, 1.82) is 0 Å². The van der Waals surface area contributed by atoms with Gasteiger partial charge in [-0.25, -0.2) is 18.7 Å². The number of hydrogen-bond acceptors (Lipinski definition) is 8. The molecule has 6 rings (SSSR count). The third kappa shape index (κ3) is 4.95. The van der Waals surface area contributed by atoms with Crippen LogP contribution in [0.15, 0.2) is 23.0 Å². The molecule has 1 saturated heterocycles. The highest BCUT2D eigenvalue weighted by Crippen LogP contribution is 2.36. The van der Waals surface area contributed by atoms with Crippen molar-refractivity contribution in [2.24, 2.45) is 5.92 Å². The van der Waals surface area contributed by atoms with Gasteiger partial charge < -0.3 is 15.2 Å². The largest absolute Gasteiger partial charge is 0.368 e. The maximum absolute atomic E-state index is 14.1. The SMILES string of the molecule is C#C.C[C@H]1CC[C@@H](c2nc3c4cc(F)cc(F)c4nc(N)n3n2)CN1C(=O)C1CC1.Cc1ncon1. The van der Waals surface area contributed by atoms with Crippen LogP contribution in [0.3, 0.4) is 0 Å². The van der Waals surface area contributed by atoms with E-state index in [2.05, 4.69) is 49.5 Å². The first-order chi connectivity index (χ1) is 17.3. The second kappa shape index (κ2) is 10.2. The van der Waals surface area contributed by atoms with Crippen molar-refractivity contribution in [1.82, 2.24) is 34.6 Å². The number of amides is 1. The van der Waals surface area contributed by atoms with Crippen molar-refractivity contribution >= 4 is 28.4 Å². The van der Waals surface area contributed by atoms with Gasteiger partial charge in [0.25, 0.3) is 0 Å². The van der Waals surface area contributed by atoms with Gasteiger partial charge >= 0.3 is 0 Å². The Hall–Kier alpha value is -4.14. The summed E-state index contributed by atoms with van der Waals surface area (Å²) in [5.41, 5.74) is 6.18. The van der Waals surface area contributed by atoms with Gasteiger partial charge in [0.15, 0.2) is 23.1 Å². The lowest BCUT2D eigenvalue weighted by Crippen LogP contribution is -2.45. The normalized spacial score (nSPS) is 19.3. The molecule has 1 amide bonds. The fraction of sp³-hybridized carbons (Fsp3) is 0.417. The van der Waals surface area contributed by atoms with Crippen LogP contribution >= 0.6 is 0 Å². The number of rotatable bonds is 2. The Balaban J connectivity index is 0.000000330. The van der Waals surface area contributed by atoms with Crippen LogP contribution in [0.1, 0.15) is 50.2 Å². The maximum Gasteiger partial charge on any atom is 0.225 e. The molecule has 0 bridgehead atoms. The topological polar surface area (TPSA) is 128 Å². The summed E-state index contributed by atoms with van der Waals surface area (Å²) in [5, 5.41) is 8.11. The monoisotopic (exact) mass is 496 g/mol. The number of anilines is 1. The molecule has 1 saturated carbocycles. The van der Waals surface area contributed by atoms with Gasteiger partial charge in [0.2, 0.25) is 18.2 Å². The zero-order chi connectivity index (χ0) is 26.0. The number of piperidine rings is 1. The molecule has 36 heavy (non-hydrogen) atoms. The molecule has 2 N–H and O–H groups in total. The Labute approximate surface area is 205 Å². The number of carbonyl (C=O) groups excluding carboxylic acids is 1. The Bertz CT molecular complexity index is 1400. The maximum atomic E-state index is 14.1. The number of halogens is 2. The average Bonchev–Trinajstić information content (AvgIpc) is 3.43. The van der Waals surface area contributed by atoms with E-state index in [4.69, 9.17) is 5.73 Å². The molecular weight excluding hydrogens is 470 g/mol. The molecule has 1 aromatic carbocycles. The first-order valence-electron chi connectivity index (χ1n) is 11.5. The predicted molar refractivity (Wildman–Crippen MR) is 127 cm³/mol. The van der Waals surface area contributed by atoms with E-state index in [-0.39, 0.29) is 46.3 Å². The van der Waals surface area contributed by atoms with Crippen molar-refractivity contribution in [3.8, 4) is 12.8 Å². The Morgan fingerprint density at radius 2 is 1.92 bits per heavy atom. The van der Waals surface area contributed by atoms with E-state index in [1.54, 1.807) is 6.92 Å². The molecule has 188 valence electrons. The number of terminal acetylenes is 1. The predicted octanol–water partition coefficient (Wildman–Crippen LogP) is 3.27. The Kier molecular flexibility index (Phi) is 7.10. The fourth-order valence-electron chi connectivity index (χ4n) is 4.26. The van der Waals surface area contributed by atoms with Crippen LogP contribution < -0.4 is 5.73 Å². The third-order valence-corrected chi connectivity index (χ3v) is 6.26. The number of aromatic nitrogens is 6. The summed E-state index contributed by atoms with van der Waals surface area (Å²) in [6, 6.07) is 2.15. The van der Waals surface area contributed by atoms with E-state index < -0.39 is 11.6 Å². The van der Waals surface area contributed by atoms with Gasteiger partial charge in [-0.05, 0) is 45.6 Å². The van der Waals surface area contributed by atoms with Gasteiger partial charge in [-0.1, -0.05) is 5.16 Å². The third-order valence-electron chi connectivity index (χ3n) is 6.26. The van der Waals surface area contributed by atoms with Crippen LogP contribution in [0.25, 0.3) is 16.6 Å². The summed E-state index contributed by atoms with van der Waals surface area (Å²) in [6.07, 6.45) is 12.9. The zero-order valence-corrected chi connectivity index (χ0v) is 19.9. The highest BCUT2D eigenvalue weighted by Gasteiger charge is 2.39. The number of aryl methyl sites for hydroxylation is 1. The molecule has 12 heteroatoms. The first-order valence-corrected chi connectivity index (χ1v) is 11.5. The molecule has 2 aliphatic rings. The van der Waals surface area contributed by atoms with E-state index in [1.165, 1.54) is 17.0 Å². The molecule has 3 aromatic heterocycles. The van der Waals surface area contributed by atoms with E-state index in [0.29, 0.717) is 18.2 Å². The number of carbonyl (C=O) groups is 1. The minimum absolute atomic E-state index is 0.0122. The molecule has 0 spiro atoms. The van der Waals surface area contributed by atoms with E-state index in [0.717, 1.165) is 31.7 Å². The van der Waals surface area contributed by atoms with Crippen LogP contribution in [0.5, 0.6) is 0 Å². The van der Waals surface area contributed by atoms with E-state index in [9.17, 15) is 13.6 Å². The van der Waals surface area contributed by atoms with E-state index in [1.807, 2.05) is 4.90 Å². The standard InChI is InChI=1S/C19H20F2N6O.C3H4N2O.C2H2/c1-9-2-3-11(8-26(9)18(28)10-4-5-10)16-24-17-13-6-12(20)7-14(21)15(13)23-19(22)27(17)25-16;1-3-4-2-6-5-3;1-2/h6-7,9-11H,2-5,8H2,1H3,(H2,22,23);2H,1H3;1-2H/t9-,11+;;/m0../s1. The number of fused-ring (bicyclic) bond motifs is 3. The quantitative estimate of drug-likeness (QED) is 0.419. The van der Waals surface area contributed by atoms with E-state index >= 15 is 0 Å². The highest BCUT2D eigenvalue weighted by molar-refractivity contribution is 5.92. The van der Waals surface area contributed by atoms with Crippen LogP contribution in [0, 0.1) is 37.3 Å². The van der Waals surface area contributed by atoms with Gasteiger partial charge in [0.05, 0.1) is 5.39 Å². The number of nitrogens with two attached hydrogens (primary N) is 1. The van der Waals surface area contributed by atoms with Crippen molar-refractivity contribution < 1.29 is 18.1 Å². The van der Waals surface area contributed by atoms with Crippen LogP contribution in [0.2, 0.25) is 0 Å². The average molecular weight is 497 g/mol. The van der Waals surface area contributed by atoms with Gasteiger partial charge in [-0.3, -0.25) is 4.79 Å². The number of nitrogen functional groups attached to an aromatic ring is 1. The van der Waals surface area contributed by atoms with Crippen molar-refractivity contribution in [3.63, 3.8) is 0 Å². The Morgan fingerprint density at radius 1 is 1.17 bits per heavy atom.